The Morgan fingerprint density at radius 2 is 1.64 bits per heavy atom. The van der Waals surface area contributed by atoms with Crippen molar-refractivity contribution < 1.29 is 47.0 Å². The molecule has 5 nitrogen and oxygen atoms in total. The molecule has 0 heterocycles. The molecule has 127 valence electrons. The fourth-order valence-electron chi connectivity index (χ4n) is 1.80. The van der Waals surface area contributed by atoms with E-state index >= 15 is 0 Å². The van der Waals surface area contributed by atoms with E-state index in [2.05, 4.69) is 10.6 Å². The molecule has 22 heavy (non-hydrogen) atoms. The first-order valence-electron chi connectivity index (χ1n) is 8.00. The van der Waals surface area contributed by atoms with E-state index in [9.17, 15) is 9.59 Å². The maximum atomic E-state index is 11.3. The number of hydrogen-bond donors (Lipinski definition) is 1. The molecule has 0 aromatic carbocycles. The van der Waals surface area contributed by atoms with Gasteiger partial charge in [0.1, 0.15) is 6.61 Å². The second-order valence-electron chi connectivity index (χ2n) is 5.62. The number of likely N-dealkylation sites (N-methyl/N-ethyl adjacent to an activating group) is 1. The largest absolute Gasteiger partial charge is 0.657 e. The molecule has 0 spiro atoms. The molecule has 0 bridgehead atoms. The first-order chi connectivity index (χ1) is 10.1. The Hall–Kier alpha value is 0.164. The molecular weight excluding hydrogens is 357 g/mol. The fraction of sp³-hybridized carbons (Fsp3) is 0.875. The topological polar surface area (TPSA) is 69.5 Å². The van der Waals surface area contributed by atoms with Crippen LogP contribution >= 0.6 is 0 Å². The molecule has 1 N–H and O–H groups in total. The maximum Gasteiger partial charge on any atom is 0.199 e. The van der Waals surface area contributed by atoms with Gasteiger partial charge in [-0.3, -0.25) is 9.59 Å². The van der Waals surface area contributed by atoms with Crippen LogP contribution in [0.1, 0.15) is 52.4 Å². The van der Waals surface area contributed by atoms with Gasteiger partial charge in [-0.05, 0) is 12.8 Å². The summed E-state index contributed by atoms with van der Waals surface area (Å²) in [6.07, 6.45) is 6.67. The van der Waals surface area contributed by atoms with Crippen LogP contribution in [-0.2, 0) is 47.0 Å². The zero-order chi connectivity index (χ0) is 15.9. The zero-order valence-corrected chi connectivity index (χ0v) is 17.2. The van der Waals surface area contributed by atoms with Crippen molar-refractivity contribution in [2.45, 2.75) is 52.4 Å². The molecule has 6 heteroatoms. The number of Topliss-reactive ketones (excluding diaryl/α,β-unsaturated/α-hetero) is 1. The van der Waals surface area contributed by atoms with Gasteiger partial charge < -0.3 is 15.4 Å². The number of carbonyl (C=O) groups is 2. The monoisotopic (exact) mass is 388 g/mol. The Morgan fingerprint density at radius 3 is 2.23 bits per heavy atom. The third-order valence-corrected chi connectivity index (χ3v) is 3.23. The molecule has 0 aliphatic carbocycles. The molecule has 1 amide bonds. The van der Waals surface area contributed by atoms with Gasteiger partial charge in [-0.15, -0.1) is 0 Å². The molecule has 0 unspecified atom stereocenters. The summed E-state index contributed by atoms with van der Waals surface area (Å²) in [5.41, 5.74) is 0. The van der Waals surface area contributed by atoms with Crippen LogP contribution in [0, 0.1) is 5.92 Å². The van der Waals surface area contributed by atoms with Crippen LogP contribution in [0.15, 0.2) is 0 Å². The van der Waals surface area contributed by atoms with Crippen molar-refractivity contribution in [3.8, 4) is 0 Å². The van der Waals surface area contributed by atoms with E-state index in [1.54, 1.807) is 7.05 Å². The van der Waals surface area contributed by atoms with E-state index in [0.29, 0.717) is 6.61 Å². The van der Waals surface area contributed by atoms with Gasteiger partial charge in [0.15, 0.2) is 11.7 Å². The summed E-state index contributed by atoms with van der Waals surface area (Å²) in [5, 5.41) is 6.61. The second-order valence-corrected chi connectivity index (χ2v) is 5.62. The van der Waals surface area contributed by atoms with Crippen LogP contribution in [0.2, 0.25) is 0 Å². The molecule has 0 aliphatic heterocycles. The zero-order valence-electron chi connectivity index (χ0n) is 14.4. The predicted octanol–water partition coefficient (Wildman–Crippen LogP) is 2.69. The smallest absolute Gasteiger partial charge is 0.199 e. The summed E-state index contributed by atoms with van der Waals surface area (Å²) in [6, 6.07) is 0. The number of amides is 1. The van der Waals surface area contributed by atoms with Gasteiger partial charge in [0, 0.05) is 51.8 Å². The summed E-state index contributed by atoms with van der Waals surface area (Å²) in [5.74, 6) is 0.245. The van der Waals surface area contributed by atoms with E-state index in [0.717, 1.165) is 32.2 Å². The Bertz CT molecular complexity index is 287. The number of rotatable bonds is 14. The Balaban J connectivity index is 0. The van der Waals surface area contributed by atoms with Crippen LogP contribution in [-0.4, -0.2) is 45.0 Å². The summed E-state index contributed by atoms with van der Waals surface area (Å²) < 4.78 is 5.35. The molecule has 0 atom stereocenters. The maximum absolute atomic E-state index is 11.3. The third kappa shape index (κ3) is 16.5. The van der Waals surface area contributed by atoms with Gasteiger partial charge in [-0.2, -0.15) is 7.05 Å². The Labute approximate surface area is 160 Å². The fourth-order valence-corrected chi connectivity index (χ4v) is 1.80. The van der Waals surface area contributed by atoms with E-state index in [-0.39, 0.29) is 63.5 Å². The normalized spacial score (nSPS) is 10.4. The number of nitrogens with one attached hydrogen (secondary N) is 1. The summed E-state index contributed by atoms with van der Waals surface area (Å²) in [4.78, 5) is 22.4. The van der Waals surface area contributed by atoms with Crippen LogP contribution in [0.3, 0.4) is 0 Å². The number of unbranched alkanes of at least 4 members (excludes halogenated alkanes) is 5. The van der Waals surface area contributed by atoms with Crippen molar-refractivity contribution in [2.24, 2.45) is 5.92 Å². The molecule has 0 fully saturated rings. The van der Waals surface area contributed by atoms with E-state index < -0.39 is 0 Å². The van der Waals surface area contributed by atoms with Crippen molar-refractivity contribution in [1.82, 2.24) is 5.32 Å². The number of ether oxygens (including phenoxy) is 1. The van der Waals surface area contributed by atoms with Crippen LogP contribution in [0.4, 0.5) is 0 Å². The molecule has 0 aliphatic rings. The van der Waals surface area contributed by atoms with Crippen LogP contribution in [0.5, 0.6) is 0 Å². The molecule has 0 rings (SSSR count). The number of nitrogens with zero attached hydrogens (tertiary/aromatic N) is 1. The van der Waals surface area contributed by atoms with Crippen molar-refractivity contribution in [2.75, 3.05) is 33.4 Å². The minimum absolute atomic E-state index is 0. The van der Waals surface area contributed by atoms with Gasteiger partial charge in [0.05, 0.1) is 0 Å². The van der Waals surface area contributed by atoms with Gasteiger partial charge in [-0.1, -0.05) is 46.1 Å². The van der Waals surface area contributed by atoms with Crippen molar-refractivity contribution in [3.63, 3.8) is 0 Å². The molecule has 0 aromatic rings. The van der Waals surface area contributed by atoms with Crippen LogP contribution in [0.25, 0.3) is 5.32 Å². The molecular formula is C16H31N2O3Y-. The van der Waals surface area contributed by atoms with Gasteiger partial charge in [0.2, 0.25) is 0 Å². The van der Waals surface area contributed by atoms with E-state index in [1.165, 1.54) is 12.8 Å². The molecule has 0 saturated carbocycles. The average Bonchev–Trinajstić information content (AvgIpc) is 2.44. The SMILES string of the molecule is C[N-]CC(=O)NCCCCCCCCOCC(=O)C(C)C.[Y]. The summed E-state index contributed by atoms with van der Waals surface area (Å²) in [7, 11) is 1.64. The predicted molar refractivity (Wildman–Crippen MR) is 85.5 cm³/mol. The molecule has 1 radical (unpaired) electrons. The van der Waals surface area contributed by atoms with Gasteiger partial charge in [0.25, 0.3) is 0 Å². The quantitative estimate of drug-likeness (QED) is 0.465. The first-order valence-corrected chi connectivity index (χ1v) is 8.00. The Morgan fingerprint density at radius 1 is 1.05 bits per heavy atom. The van der Waals surface area contributed by atoms with Crippen molar-refractivity contribution in [1.29, 1.82) is 0 Å². The van der Waals surface area contributed by atoms with Gasteiger partial charge >= 0.3 is 0 Å². The van der Waals surface area contributed by atoms with Crippen LogP contribution < -0.4 is 5.32 Å². The second kappa shape index (κ2) is 17.5. The van der Waals surface area contributed by atoms with E-state index in [4.69, 9.17) is 4.74 Å². The number of carbonyl (C=O) groups excluding carboxylic acids is 2. The molecule has 0 aromatic heterocycles. The summed E-state index contributed by atoms with van der Waals surface area (Å²) in [6.45, 7) is 5.72. The van der Waals surface area contributed by atoms with E-state index in [1.807, 2.05) is 13.8 Å². The minimum Gasteiger partial charge on any atom is -0.657 e. The van der Waals surface area contributed by atoms with Crippen molar-refractivity contribution in [3.05, 3.63) is 5.32 Å². The van der Waals surface area contributed by atoms with Crippen molar-refractivity contribution >= 4 is 11.7 Å². The average molecular weight is 388 g/mol. The Kier molecular flexibility index (Phi) is 19.4. The standard InChI is InChI=1S/C16H31N2O3.Y/c1-14(2)15(19)13-21-11-9-7-5-4-6-8-10-18-16(20)12-17-3;/h14H,4-13H2,1-3H3,(H,18,20);/q-1;. The summed E-state index contributed by atoms with van der Waals surface area (Å²) >= 11 is 0. The minimum atomic E-state index is 0. The molecule has 0 saturated heterocycles. The first kappa shape index (κ1) is 24.4. The van der Waals surface area contributed by atoms with Gasteiger partial charge in [-0.25, -0.2) is 0 Å². The number of ketones is 1. The third-order valence-electron chi connectivity index (χ3n) is 3.23. The number of hydrogen-bond acceptors (Lipinski definition) is 3.